The molecule has 1 aliphatic heterocycles. The van der Waals surface area contributed by atoms with E-state index < -0.39 is 37.4 Å². The number of hydrogen-bond acceptors (Lipinski definition) is 8. The maximum absolute atomic E-state index is 12.0. The predicted molar refractivity (Wildman–Crippen MR) is 169 cm³/mol. The summed E-state index contributed by atoms with van der Waals surface area (Å²) < 4.78 is 22.5. The molecule has 1 heterocycles. The van der Waals surface area contributed by atoms with Gasteiger partial charge in [-0.15, -0.1) is 0 Å². The summed E-state index contributed by atoms with van der Waals surface area (Å²) in [5.74, 6) is -2.20. The average molecular weight is 603 g/mol. The summed E-state index contributed by atoms with van der Waals surface area (Å²) in [6.45, 7) is 8.40. The Bertz CT molecular complexity index is 1400. The Morgan fingerprint density at radius 2 is 1.39 bits per heavy atom. The largest absolute Gasteiger partial charge is 0.462 e. The van der Waals surface area contributed by atoms with Crippen LogP contribution in [-0.4, -0.2) is 68.1 Å². The summed E-state index contributed by atoms with van der Waals surface area (Å²) >= 11 is 0. The Morgan fingerprint density at radius 3 is 1.98 bits per heavy atom. The second-order valence-corrected chi connectivity index (χ2v) is 11.2. The summed E-state index contributed by atoms with van der Waals surface area (Å²) in [4.78, 5) is 24.0. The number of ether oxygens (including phenoxy) is 4. The molecule has 0 spiro atoms. The summed E-state index contributed by atoms with van der Waals surface area (Å²) in [5, 5.41) is 20.7. The van der Waals surface area contributed by atoms with E-state index in [0.717, 1.165) is 23.1 Å². The summed E-state index contributed by atoms with van der Waals surface area (Å²) in [5.41, 5.74) is 4.53. The van der Waals surface area contributed by atoms with Crippen LogP contribution in [0.25, 0.3) is 21.9 Å². The van der Waals surface area contributed by atoms with Crippen molar-refractivity contribution >= 4 is 22.7 Å². The smallest absolute Gasteiger partial charge is 0.335 e. The number of fused-ring (bicyclic) bond motifs is 1. The molecule has 0 amide bonds. The van der Waals surface area contributed by atoms with Crippen molar-refractivity contribution in [3.05, 3.63) is 96.1 Å². The maximum Gasteiger partial charge on any atom is 0.335 e. The minimum atomic E-state index is -0.805. The van der Waals surface area contributed by atoms with Crippen LogP contribution in [0.3, 0.4) is 0 Å². The number of aliphatic hydroxyl groups excluding tert-OH is 2. The molecule has 0 bridgehead atoms. The van der Waals surface area contributed by atoms with E-state index >= 15 is 0 Å². The van der Waals surface area contributed by atoms with Gasteiger partial charge in [0.25, 0.3) is 0 Å². The lowest BCUT2D eigenvalue weighted by Crippen LogP contribution is -2.41. The van der Waals surface area contributed by atoms with Crippen LogP contribution in [0.2, 0.25) is 0 Å². The Labute approximate surface area is 258 Å². The van der Waals surface area contributed by atoms with E-state index in [1.54, 1.807) is 0 Å². The highest BCUT2D eigenvalue weighted by molar-refractivity contribution is 5.89. The fraction of sp³-hybridized carbons (Fsp3) is 0.389. The fourth-order valence-electron chi connectivity index (χ4n) is 5.04. The van der Waals surface area contributed by atoms with Gasteiger partial charge < -0.3 is 29.2 Å². The number of carbonyl (C=O) groups excluding carboxylic acids is 2. The highest BCUT2D eigenvalue weighted by atomic mass is 16.7. The van der Waals surface area contributed by atoms with Crippen LogP contribution >= 0.6 is 0 Å². The minimum absolute atomic E-state index is 0.0166. The van der Waals surface area contributed by atoms with E-state index in [4.69, 9.17) is 29.2 Å². The van der Waals surface area contributed by atoms with Crippen LogP contribution in [0.4, 0.5) is 0 Å². The van der Waals surface area contributed by atoms with Crippen molar-refractivity contribution in [2.24, 2.45) is 5.92 Å². The Hall–Kier alpha value is -3.82. The zero-order valence-electron chi connectivity index (χ0n) is 25.3. The maximum atomic E-state index is 12.0. The lowest BCUT2D eigenvalue weighted by Gasteiger charge is -2.34. The quantitative estimate of drug-likeness (QED) is 0.133. The molecule has 1 saturated heterocycles. The van der Waals surface area contributed by atoms with Gasteiger partial charge in [-0.3, -0.25) is 0 Å². The molecule has 2 N–H and O–H groups in total. The van der Waals surface area contributed by atoms with Gasteiger partial charge in [-0.1, -0.05) is 87.5 Å². The molecule has 8 heteroatoms. The van der Waals surface area contributed by atoms with Crippen molar-refractivity contribution in [2.75, 3.05) is 39.6 Å². The van der Waals surface area contributed by atoms with E-state index in [2.05, 4.69) is 80.7 Å². The third-order valence-electron chi connectivity index (χ3n) is 7.81. The van der Waals surface area contributed by atoms with E-state index in [-0.39, 0.29) is 30.3 Å². The summed E-state index contributed by atoms with van der Waals surface area (Å²) in [7, 11) is 0. The molecule has 1 fully saturated rings. The van der Waals surface area contributed by atoms with Crippen LogP contribution in [0.5, 0.6) is 0 Å². The van der Waals surface area contributed by atoms with Crippen molar-refractivity contribution in [2.45, 2.75) is 44.8 Å². The predicted octanol–water partition coefficient (Wildman–Crippen LogP) is 5.50. The van der Waals surface area contributed by atoms with Gasteiger partial charge in [0.2, 0.25) is 0 Å². The number of aliphatic hydroxyl groups is 2. The first-order valence-electron chi connectivity index (χ1n) is 15.1. The number of unbranched alkanes of at least 4 members (excludes halogenated alkanes) is 2. The molecule has 8 nitrogen and oxygen atoms in total. The van der Waals surface area contributed by atoms with E-state index in [0.29, 0.717) is 13.2 Å². The number of carbonyl (C=O) groups is 2. The number of benzene rings is 3. The van der Waals surface area contributed by atoms with Crippen LogP contribution in [0, 0.1) is 5.92 Å². The summed E-state index contributed by atoms with van der Waals surface area (Å²) in [6.07, 6.45) is 4.01. The summed E-state index contributed by atoms with van der Waals surface area (Å²) in [6, 6.07) is 21.7. The van der Waals surface area contributed by atoms with Gasteiger partial charge in [0, 0.05) is 5.92 Å². The molecular weight excluding hydrogens is 560 g/mol. The van der Waals surface area contributed by atoms with Gasteiger partial charge in [0.05, 0.1) is 43.5 Å². The lowest BCUT2D eigenvalue weighted by atomic mass is 9.95. The van der Waals surface area contributed by atoms with E-state index in [1.165, 1.54) is 35.6 Å². The molecule has 0 aromatic heterocycles. The number of rotatable bonds is 15. The second kappa shape index (κ2) is 16.3. The molecule has 3 aromatic rings. The highest BCUT2D eigenvalue weighted by Gasteiger charge is 2.32. The lowest BCUT2D eigenvalue weighted by molar-refractivity contribution is -0.226. The number of esters is 2. The average Bonchev–Trinajstić information content (AvgIpc) is 3.07. The molecule has 44 heavy (non-hydrogen) atoms. The first kappa shape index (κ1) is 33.1. The van der Waals surface area contributed by atoms with Crippen molar-refractivity contribution in [1.82, 2.24) is 0 Å². The Morgan fingerprint density at radius 1 is 0.818 bits per heavy atom. The zero-order chi connectivity index (χ0) is 31.5. The van der Waals surface area contributed by atoms with Crippen molar-refractivity contribution in [1.29, 1.82) is 0 Å². The third kappa shape index (κ3) is 8.86. The van der Waals surface area contributed by atoms with Crippen LogP contribution in [0.15, 0.2) is 85.0 Å². The topological polar surface area (TPSA) is 112 Å². The normalized spacial score (nSPS) is 16.5. The molecule has 0 radical (unpaired) electrons. The standard InChI is InChI=1S/C36H42O8/c1-4-5-6-7-26-8-9-31-17-30(15-14-29(31)16-26)27-10-12-28(13-11-27)32-20-43-36(44-21-32)33(22-41-34(39)24(2)18-37)23-42-35(40)25(3)19-38/h8-17,32-33,36-38H,2-7,18-23H2,1H3. The Kier molecular flexibility index (Phi) is 12.3. The molecule has 1 aliphatic rings. The van der Waals surface area contributed by atoms with Gasteiger partial charge in [0.15, 0.2) is 6.29 Å². The fourth-order valence-corrected chi connectivity index (χ4v) is 5.04. The van der Waals surface area contributed by atoms with E-state index in [9.17, 15) is 9.59 Å². The number of aryl methyl sites for hydroxylation is 1. The molecule has 3 aromatic carbocycles. The zero-order valence-corrected chi connectivity index (χ0v) is 25.3. The first-order valence-corrected chi connectivity index (χ1v) is 15.1. The van der Waals surface area contributed by atoms with Crippen molar-refractivity contribution < 1.29 is 38.7 Å². The first-order chi connectivity index (χ1) is 21.3. The highest BCUT2D eigenvalue weighted by Crippen LogP contribution is 2.30. The third-order valence-corrected chi connectivity index (χ3v) is 7.81. The molecule has 0 unspecified atom stereocenters. The second-order valence-electron chi connectivity index (χ2n) is 11.2. The minimum Gasteiger partial charge on any atom is -0.462 e. The molecular formula is C36H42O8. The van der Waals surface area contributed by atoms with Crippen LogP contribution in [0.1, 0.15) is 43.2 Å². The van der Waals surface area contributed by atoms with Crippen molar-refractivity contribution in [3.63, 3.8) is 0 Å². The van der Waals surface area contributed by atoms with Crippen LogP contribution < -0.4 is 0 Å². The SMILES string of the molecule is C=C(CO)C(=O)OCC(COC(=O)C(=C)CO)C1OCC(c2ccc(-c3ccc4cc(CCCCC)ccc4c3)cc2)CO1. The van der Waals surface area contributed by atoms with Gasteiger partial charge >= 0.3 is 11.9 Å². The molecule has 0 atom stereocenters. The Balaban J connectivity index is 1.36. The molecule has 234 valence electrons. The molecule has 0 aliphatic carbocycles. The van der Waals surface area contributed by atoms with Crippen LogP contribution in [-0.2, 0) is 35.0 Å². The monoisotopic (exact) mass is 602 g/mol. The van der Waals surface area contributed by atoms with Gasteiger partial charge in [-0.25, -0.2) is 9.59 Å². The van der Waals surface area contributed by atoms with E-state index in [1.807, 2.05) is 0 Å². The van der Waals surface area contributed by atoms with Gasteiger partial charge in [-0.05, 0) is 51.9 Å². The van der Waals surface area contributed by atoms with Gasteiger partial charge in [0.1, 0.15) is 13.2 Å². The number of hydrogen-bond donors (Lipinski definition) is 2. The van der Waals surface area contributed by atoms with Crippen molar-refractivity contribution in [3.8, 4) is 11.1 Å². The van der Waals surface area contributed by atoms with Gasteiger partial charge in [-0.2, -0.15) is 0 Å². The molecule has 4 rings (SSSR count). The molecule has 0 saturated carbocycles.